The lowest BCUT2D eigenvalue weighted by atomic mass is 9.75. The standard InChI is InChI=1S/C23H34NO2/c1-3-24(2)18-13-14-19(24)16-20(15-18)26-23(25)22-12-8-7-11-21(22)17-9-5-4-6-10-17/h4-6,9-10,18-22H,3,7-8,11-16H2,1-2H3/q+1/t18-,19+,20?,21?,22?,24?. The highest BCUT2D eigenvalue weighted by Crippen LogP contribution is 2.43. The lowest BCUT2D eigenvalue weighted by molar-refractivity contribution is -0.947. The van der Waals surface area contributed by atoms with Gasteiger partial charge in [0.1, 0.15) is 6.10 Å². The molecular weight excluding hydrogens is 322 g/mol. The van der Waals surface area contributed by atoms with E-state index in [4.69, 9.17) is 4.74 Å². The third-order valence-electron chi connectivity index (χ3n) is 7.83. The second-order valence-corrected chi connectivity index (χ2v) is 8.99. The minimum atomic E-state index is 0.0535. The molecule has 0 N–H and O–H groups in total. The van der Waals surface area contributed by atoms with Gasteiger partial charge in [-0.2, -0.15) is 0 Å². The predicted octanol–water partition coefficient (Wildman–Crippen LogP) is 4.66. The molecule has 2 bridgehead atoms. The molecule has 3 heteroatoms. The van der Waals surface area contributed by atoms with E-state index < -0.39 is 0 Å². The second-order valence-electron chi connectivity index (χ2n) is 8.99. The van der Waals surface area contributed by atoms with Crippen molar-refractivity contribution in [3.63, 3.8) is 0 Å². The van der Waals surface area contributed by atoms with Crippen molar-refractivity contribution < 1.29 is 14.0 Å². The summed E-state index contributed by atoms with van der Waals surface area (Å²) in [6, 6.07) is 12.0. The number of hydrogen-bond donors (Lipinski definition) is 0. The first kappa shape index (κ1) is 18.0. The van der Waals surface area contributed by atoms with Gasteiger partial charge in [-0.05, 0) is 31.2 Å². The zero-order valence-electron chi connectivity index (χ0n) is 16.4. The Morgan fingerprint density at radius 3 is 2.35 bits per heavy atom. The van der Waals surface area contributed by atoms with E-state index in [0.29, 0.717) is 18.0 Å². The topological polar surface area (TPSA) is 26.3 Å². The summed E-state index contributed by atoms with van der Waals surface area (Å²) in [5.41, 5.74) is 1.31. The molecule has 0 spiro atoms. The molecular formula is C23H34NO2+. The fourth-order valence-corrected chi connectivity index (χ4v) is 6.07. The summed E-state index contributed by atoms with van der Waals surface area (Å²) in [7, 11) is 2.41. The SMILES string of the molecule is CC[N+]1(C)[C@@H]2CC[C@H]1CC(OC(=O)C1CCCCC1c1ccccc1)C2. The summed E-state index contributed by atoms with van der Waals surface area (Å²) < 4.78 is 7.35. The Morgan fingerprint density at radius 1 is 1.04 bits per heavy atom. The van der Waals surface area contributed by atoms with Crippen LogP contribution in [0.5, 0.6) is 0 Å². The maximum Gasteiger partial charge on any atom is 0.309 e. The van der Waals surface area contributed by atoms with Crippen molar-refractivity contribution in [2.75, 3.05) is 13.6 Å². The Balaban J connectivity index is 1.43. The van der Waals surface area contributed by atoms with E-state index in [1.54, 1.807) is 0 Å². The maximum absolute atomic E-state index is 13.1. The number of carbonyl (C=O) groups is 1. The average Bonchev–Trinajstić information content (AvgIpc) is 2.85. The molecule has 3 aliphatic rings. The van der Waals surface area contributed by atoms with Crippen molar-refractivity contribution in [2.45, 2.75) is 82.4 Å². The lowest BCUT2D eigenvalue weighted by Crippen LogP contribution is -2.58. The van der Waals surface area contributed by atoms with E-state index in [9.17, 15) is 4.79 Å². The lowest BCUT2D eigenvalue weighted by Gasteiger charge is -2.46. The highest BCUT2D eigenvalue weighted by molar-refractivity contribution is 5.74. The number of esters is 1. The predicted molar refractivity (Wildman–Crippen MR) is 104 cm³/mol. The molecule has 4 unspecified atom stereocenters. The highest BCUT2D eigenvalue weighted by Gasteiger charge is 2.51. The minimum Gasteiger partial charge on any atom is -0.462 e. The van der Waals surface area contributed by atoms with Crippen LogP contribution in [0, 0.1) is 5.92 Å². The van der Waals surface area contributed by atoms with Crippen LogP contribution in [-0.2, 0) is 9.53 Å². The maximum atomic E-state index is 13.1. The molecule has 3 nitrogen and oxygen atoms in total. The zero-order chi connectivity index (χ0) is 18.1. The van der Waals surface area contributed by atoms with E-state index >= 15 is 0 Å². The van der Waals surface area contributed by atoms with Gasteiger partial charge in [0.25, 0.3) is 0 Å². The van der Waals surface area contributed by atoms with Crippen LogP contribution in [0.2, 0.25) is 0 Å². The van der Waals surface area contributed by atoms with Crippen molar-refractivity contribution in [3.8, 4) is 0 Å². The molecule has 6 atom stereocenters. The Morgan fingerprint density at radius 2 is 1.69 bits per heavy atom. The molecule has 3 fully saturated rings. The monoisotopic (exact) mass is 356 g/mol. The van der Waals surface area contributed by atoms with Gasteiger partial charge in [-0.25, -0.2) is 0 Å². The van der Waals surface area contributed by atoms with E-state index in [-0.39, 0.29) is 18.0 Å². The number of rotatable bonds is 4. The molecule has 1 aliphatic carbocycles. The summed E-state index contributed by atoms with van der Waals surface area (Å²) in [4.78, 5) is 13.1. The van der Waals surface area contributed by atoms with Gasteiger partial charge < -0.3 is 9.22 Å². The summed E-state index contributed by atoms with van der Waals surface area (Å²) >= 11 is 0. The number of quaternary nitrogens is 1. The quantitative estimate of drug-likeness (QED) is 0.579. The van der Waals surface area contributed by atoms with Crippen LogP contribution in [0.1, 0.15) is 69.8 Å². The van der Waals surface area contributed by atoms with Crippen molar-refractivity contribution in [1.29, 1.82) is 0 Å². The average molecular weight is 357 g/mol. The van der Waals surface area contributed by atoms with E-state index in [1.165, 1.54) is 35.9 Å². The highest BCUT2D eigenvalue weighted by atomic mass is 16.5. The van der Waals surface area contributed by atoms with Gasteiger partial charge in [0.05, 0.1) is 31.6 Å². The smallest absolute Gasteiger partial charge is 0.309 e. The Hall–Kier alpha value is -1.35. The molecule has 4 rings (SSSR count). The molecule has 0 amide bonds. The van der Waals surface area contributed by atoms with Gasteiger partial charge >= 0.3 is 5.97 Å². The molecule has 2 heterocycles. The molecule has 0 radical (unpaired) electrons. The minimum absolute atomic E-state index is 0.0535. The molecule has 2 aliphatic heterocycles. The summed E-state index contributed by atoms with van der Waals surface area (Å²) in [6.45, 7) is 3.51. The fraction of sp³-hybridized carbons (Fsp3) is 0.696. The first-order valence-corrected chi connectivity index (χ1v) is 10.7. The third-order valence-corrected chi connectivity index (χ3v) is 7.83. The van der Waals surface area contributed by atoms with Crippen LogP contribution in [-0.4, -0.2) is 42.2 Å². The van der Waals surface area contributed by atoms with Gasteiger partial charge in [-0.3, -0.25) is 4.79 Å². The molecule has 0 aromatic heterocycles. The van der Waals surface area contributed by atoms with Crippen LogP contribution in [0.4, 0.5) is 0 Å². The largest absolute Gasteiger partial charge is 0.462 e. The third kappa shape index (κ3) is 3.19. The van der Waals surface area contributed by atoms with Crippen molar-refractivity contribution >= 4 is 5.97 Å². The van der Waals surface area contributed by atoms with Crippen molar-refractivity contribution in [2.24, 2.45) is 5.92 Å². The Labute approximate surface area is 158 Å². The molecule has 2 saturated heterocycles. The molecule has 142 valence electrons. The number of piperidine rings is 1. The van der Waals surface area contributed by atoms with Crippen LogP contribution >= 0.6 is 0 Å². The van der Waals surface area contributed by atoms with Gasteiger partial charge in [-0.1, -0.05) is 43.2 Å². The van der Waals surface area contributed by atoms with E-state index in [1.807, 2.05) is 0 Å². The van der Waals surface area contributed by atoms with Crippen molar-refractivity contribution in [3.05, 3.63) is 35.9 Å². The summed E-state index contributed by atoms with van der Waals surface area (Å²) in [5.74, 6) is 0.475. The molecule has 1 aromatic rings. The number of carbonyl (C=O) groups excluding carboxylic acids is 1. The van der Waals surface area contributed by atoms with E-state index in [2.05, 4.69) is 44.3 Å². The zero-order valence-corrected chi connectivity index (χ0v) is 16.4. The van der Waals surface area contributed by atoms with Gasteiger partial charge in [0.15, 0.2) is 0 Å². The van der Waals surface area contributed by atoms with Gasteiger partial charge in [-0.15, -0.1) is 0 Å². The molecule has 1 aromatic carbocycles. The van der Waals surface area contributed by atoms with Crippen LogP contribution in [0.3, 0.4) is 0 Å². The van der Waals surface area contributed by atoms with E-state index in [0.717, 1.165) is 32.1 Å². The number of fused-ring (bicyclic) bond motifs is 2. The molecule has 1 saturated carbocycles. The fourth-order valence-electron chi connectivity index (χ4n) is 6.07. The van der Waals surface area contributed by atoms with Crippen molar-refractivity contribution in [1.82, 2.24) is 0 Å². The normalized spacial score (nSPS) is 39.5. The summed E-state index contributed by atoms with van der Waals surface area (Å²) in [5, 5.41) is 0. The van der Waals surface area contributed by atoms with Gasteiger partial charge in [0, 0.05) is 25.7 Å². The van der Waals surface area contributed by atoms with Crippen LogP contribution in [0.15, 0.2) is 30.3 Å². The number of ether oxygens (including phenoxy) is 1. The van der Waals surface area contributed by atoms with Gasteiger partial charge in [0.2, 0.25) is 0 Å². The number of hydrogen-bond acceptors (Lipinski definition) is 2. The first-order chi connectivity index (χ1) is 12.6. The summed E-state index contributed by atoms with van der Waals surface area (Å²) in [6.07, 6.45) is 9.37. The second kappa shape index (κ2) is 7.34. The Kier molecular flexibility index (Phi) is 5.09. The molecule has 26 heavy (non-hydrogen) atoms. The first-order valence-electron chi connectivity index (χ1n) is 10.7. The van der Waals surface area contributed by atoms with Crippen LogP contribution < -0.4 is 0 Å². The van der Waals surface area contributed by atoms with Crippen LogP contribution in [0.25, 0.3) is 0 Å². The Bertz CT molecular complexity index is 614. The number of benzene rings is 1. The number of nitrogens with zero attached hydrogens (tertiary/aromatic N) is 1.